The van der Waals surface area contributed by atoms with E-state index in [9.17, 15) is 17.2 Å². The first-order valence-electron chi connectivity index (χ1n) is 13.4. The summed E-state index contributed by atoms with van der Waals surface area (Å²) in [5.41, 5.74) is 3.78. The lowest BCUT2D eigenvalue weighted by molar-refractivity contribution is -0.0836. The van der Waals surface area contributed by atoms with E-state index in [1.807, 2.05) is 26.8 Å². The zero-order valence-corrected chi connectivity index (χ0v) is 24.7. The maximum Gasteiger partial charge on any atom is 0.250 e. The average molecular weight is 569 g/mol. The molecule has 0 bridgehead atoms. The quantitative estimate of drug-likeness (QED) is 0.331. The van der Waals surface area contributed by atoms with E-state index < -0.39 is 21.7 Å². The lowest BCUT2D eigenvalue weighted by Crippen LogP contribution is -2.38. The van der Waals surface area contributed by atoms with E-state index in [4.69, 9.17) is 16.6 Å². The number of anilines is 1. The molecule has 0 spiro atoms. The van der Waals surface area contributed by atoms with Crippen molar-refractivity contribution in [1.82, 2.24) is 9.97 Å². The zero-order valence-electron chi connectivity index (χ0n) is 23.1. The van der Waals surface area contributed by atoms with Crippen LogP contribution in [0, 0.1) is 17.8 Å². The van der Waals surface area contributed by atoms with Crippen LogP contribution < -0.4 is 5.32 Å². The number of aliphatic imine (C=N–C) groups is 1. The van der Waals surface area contributed by atoms with Gasteiger partial charge in [-0.25, -0.2) is 22.2 Å². The summed E-state index contributed by atoms with van der Waals surface area (Å²) in [5.74, 6) is -3.39. The zero-order chi connectivity index (χ0) is 28.3. The Morgan fingerprint density at radius 3 is 2.45 bits per heavy atom. The van der Waals surface area contributed by atoms with Gasteiger partial charge in [-0.2, -0.15) is 0 Å². The minimum Gasteiger partial charge on any atom is -0.343 e. The third-order valence-electron chi connectivity index (χ3n) is 7.82. The van der Waals surface area contributed by atoms with E-state index in [2.05, 4.69) is 15.3 Å². The van der Waals surface area contributed by atoms with Crippen LogP contribution >= 0.6 is 11.6 Å². The van der Waals surface area contributed by atoms with Gasteiger partial charge in [0.2, 0.25) is 0 Å². The van der Waals surface area contributed by atoms with Crippen LogP contribution in [0.2, 0.25) is 5.15 Å². The molecule has 38 heavy (non-hydrogen) atoms. The molecule has 0 saturated carbocycles. The van der Waals surface area contributed by atoms with Crippen LogP contribution in [0.25, 0.3) is 0 Å². The molecule has 0 saturated heterocycles. The molecule has 1 aliphatic rings. The molecule has 6 nitrogen and oxygen atoms in total. The van der Waals surface area contributed by atoms with Crippen molar-refractivity contribution in [1.29, 1.82) is 0 Å². The summed E-state index contributed by atoms with van der Waals surface area (Å²) < 4.78 is 54.4. The summed E-state index contributed by atoms with van der Waals surface area (Å²) in [6.07, 6.45) is 3.35. The number of amidine groups is 1. The van der Waals surface area contributed by atoms with Crippen LogP contribution in [0.3, 0.4) is 0 Å². The molecule has 10 heteroatoms. The molecule has 1 N–H and O–H groups in total. The first kappa shape index (κ1) is 30.4. The molecule has 0 amide bonds. The number of alkyl halides is 2. The molecule has 2 aromatic rings. The molecule has 3 atom stereocenters. The van der Waals surface area contributed by atoms with Gasteiger partial charge in [0.15, 0.2) is 9.84 Å². The Morgan fingerprint density at radius 2 is 1.84 bits per heavy atom. The molecule has 0 aliphatic carbocycles. The molecule has 3 unspecified atom stereocenters. The van der Waals surface area contributed by atoms with Gasteiger partial charge in [-0.1, -0.05) is 53.1 Å². The Bertz CT molecular complexity index is 1280. The van der Waals surface area contributed by atoms with Crippen molar-refractivity contribution in [2.24, 2.45) is 22.7 Å². The summed E-state index contributed by atoms with van der Waals surface area (Å²) in [6, 6.07) is 3.62. The summed E-state index contributed by atoms with van der Waals surface area (Å²) in [5, 5.41) is 3.81. The number of pyridine rings is 2. The molecular formula is C28H39ClF2N4O2S. The number of nitrogens with one attached hydrogen (secondary N) is 1. The van der Waals surface area contributed by atoms with Crippen LogP contribution in [0.5, 0.6) is 0 Å². The van der Waals surface area contributed by atoms with Gasteiger partial charge >= 0.3 is 0 Å². The van der Waals surface area contributed by atoms with Crippen LogP contribution in [-0.2, 0) is 35.6 Å². The topological polar surface area (TPSA) is 84.3 Å². The highest BCUT2D eigenvalue weighted by atomic mass is 35.5. The number of aryl methyl sites for hydroxylation is 2. The molecule has 3 heterocycles. The fraction of sp³-hybridized carbons (Fsp3) is 0.607. The van der Waals surface area contributed by atoms with Crippen LogP contribution in [0.4, 0.5) is 14.5 Å². The number of rotatable bonds is 9. The lowest BCUT2D eigenvalue weighted by Gasteiger charge is -2.36. The van der Waals surface area contributed by atoms with Crippen molar-refractivity contribution >= 4 is 33.0 Å². The summed E-state index contributed by atoms with van der Waals surface area (Å²) >= 11 is 6.43. The van der Waals surface area contributed by atoms with Gasteiger partial charge in [0, 0.05) is 25.0 Å². The Balaban J connectivity index is 2.02. The predicted octanol–water partition coefficient (Wildman–Crippen LogP) is 6.94. The van der Waals surface area contributed by atoms with Gasteiger partial charge in [-0.15, -0.1) is 0 Å². The maximum atomic E-state index is 14.9. The van der Waals surface area contributed by atoms with Crippen molar-refractivity contribution in [3.8, 4) is 0 Å². The molecule has 2 aromatic heterocycles. The van der Waals surface area contributed by atoms with Crippen LogP contribution in [-0.4, -0.2) is 35.9 Å². The van der Waals surface area contributed by atoms with Crippen molar-refractivity contribution in [2.75, 3.05) is 11.1 Å². The summed E-state index contributed by atoms with van der Waals surface area (Å²) in [7, 11) is -3.36. The van der Waals surface area contributed by atoms with Gasteiger partial charge < -0.3 is 5.32 Å². The van der Waals surface area contributed by atoms with Crippen molar-refractivity contribution in [3.63, 3.8) is 0 Å². The van der Waals surface area contributed by atoms with Gasteiger partial charge in [-0.05, 0) is 54.4 Å². The number of hydrogen-bond donors (Lipinski definition) is 1. The van der Waals surface area contributed by atoms with E-state index >= 15 is 0 Å². The first-order chi connectivity index (χ1) is 17.9. The van der Waals surface area contributed by atoms with Gasteiger partial charge in [0.05, 0.1) is 34.3 Å². The minimum absolute atomic E-state index is 0.00909. The second-order valence-electron chi connectivity index (χ2n) is 10.2. The van der Waals surface area contributed by atoms with E-state index in [0.29, 0.717) is 48.1 Å². The molecule has 3 rings (SSSR count). The summed E-state index contributed by atoms with van der Waals surface area (Å²) in [4.78, 5) is 14.1. The van der Waals surface area contributed by atoms with Gasteiger partial charge in [0.1, 0.15) is 11.0 Å². The maximum absolute atomic E-state index is 14.9. The third kappa shape index (κ3) is 6.71. The number of aromatic nitrogens is 2. The smallest absolute Gasteiger partial charge is 0.250 e. The normalized spacial score (nSPS) is 20.4. The lowest BCUT2D eigenvalue weighted by atomic mass is 9.74. The van der Waals surface area contributed by atoms with Crippen LogP contribution in [0.15, 0.2) is 28.2 Å². The fourth-order valence-electron chi connectivity index (χ4n) is 5.05. The second kappa shape index (κ2) is 12.4. The molecule has 0 fully saturated rings. The van der Waals surface area contributed by atoms with E-state index in [-0.39, 0.29) is 35.4 Å². The van der Waals surface area contributed by atoms with Crippen molar-refractivity contribution in [3.05, 3.63) is 46.0 Å². The molecule has 1 aliphatic heterocycles. The third-order valence-corrected chi connectivity index (χ3v) is 9.85. The monoisotopic (exact) mass is 568 g/mol. The average Bonchev–Trinajstić information content (AvgIpc) is 2.89. The number of hydrogen-bond acceptors (Lipinski definition) is 5. The minimum atomic E-state index is -3.36. The number of fused-ring (bicyclic) bond motifs is 1. The summed E-state index contributed by atoms with van der Waals surface area (Å²) in [6.45, 7) is 10.9. The number of halogens is 3. The largest absolute Gasteiger partial charge is 0.343 e. The Labute approximate surface area is 230 Å². The first-order valence-corrected chi connectivity index (χ1v) is 15.5. The van der Waals surface area contributed by atoms with Crippen LogP contribution in [0.1, 0.15) is 76.9 Å². The second-order valence-corrected chi connectivity index (χ2v) is 12.8. The van der Waals surface area contributed by atoms with E-state index in [1.165, 1.54) is 13.1 Å². The molecule has 0 radical (unpaired) electrons. The Hall–Kier alpha value is -2.13. The SMILES string of the molecule is CCc1cc2c(nc1Cl)CC(C(C)C(F)(F)CC)C(C)CC(=NCc1ncc(S(=O)(=O)CC)cc1CC)N2. The Morgan fingerprint density at radius 1 is 1.16 bits per heavy atom. The van der Waals surface area contributed by atoms with Crippen molar-refractivity contribution < 1.29 is 17.2 Å². The Kier molecular flexibility index (Phi) is 9.90. The molecule has 0 aromatic carbocycles. The van der Waals surface area contributed by atoms with Gasteiger partial charge in [0.25, 0.3) is 5.92 Å². The highest BCUT2D eigenvalue weighted by Crippen LogP contribution is 2.41. The number of sulfone groups is 1. The van der Waals surface area contributed by atoms with Crippen molar-refractivity contribution in [2.45, 2.75) is 91.0 Å². The van der Waals surface area contributed by atoms with E-state index in [1.54, 1.807) is 19.9 Å². The molecule has 210 valence electrons. The molecular weight excluding hydrogens is 530 g/mol. The van der Waals surface area contributed by atoms with Gasteiger partial charge in [-0.3, -0.25) is 9.98 Å². The number of nitrogens with zero attached hydrogens (tertiary/aromatic N) is 3. The standard InChI is InChI=1S/C28H39ClF2N4O2S/c1-7-19-12-21(38(36,37)10-4)15-32-25(19)16-33-26-11-17(5)22(18(6)28(30,31)9-3)14-24-23(34-26)13-20(8-2)27(29)35-24/h12-13,15,17-18,22H,7-11,14,16H2,1-6H3,(H,33,34). The van der Waals surface area contributed by atoms with E-state index in [0.717, 1.165) is 16.8 Å². The predicted molar refractivity (Wildman–Crippen MR) is 150 cm³/mol. The fourth-order valence-corrected chi connectivity index (χ4v) is 6.21. The highest BCUT2D eigenvalue weighted by Gasteiger charge is 2.42. The highest BCUT2D eigenvalue weighted by molar-refractivity contribution is 7.91.